The predicted octanol–water partition coefficient (Wildman–Crippen LogP) is 5.14. The van der Waals surface area contributed by atoms with E-state index < -0.39 is 28.5 Å². The lowest BCUT2D eigenvalue weighted by atomic mass is 9.99. The summed E-state index contributed by atoms with van der Waals surface area (Å²) in [5.74, 6) is -0.290. The lowest BCUT2D eigenvalue weighted by Crippen LogP contribution is -2.50. The molecule has 0 aliphatic carbocycles. The number of anilines is 1. The fourth-order valence-corrected chi connectivity index (χ4v) is 6.48. The van der Waals surface area contributed by atoms with Gasteiger partial charge in [-0.25, -0.2) is 9.78 Å². The summed E-state index contributed by atoms with van der Waals surface area (Å²) in [6.45, 7) is 0. The Bertz CT molecular complexity index is 1560. The van der Waals surface area contributed by atoms with Crippen molar-refractivity contribution < 1.29 is 27.3 Å². The first-order valence-corrected chi connectivity index (χ1v) is 15.7. The summed E-state index contributed by atoms with van der Waals surface area (Å²) >= 11 is 3.06. The van der Waals surface area contributed by atoms with E-state index in [-0.39, 0.29) is 18.0 Å². The minimum absolute atomic E-state index is 0.202. The van der Waals surface area contributed by atoms with E-state index in [1.807, 2.05) is 57.9 Å². The zero-order chi connectivity index (χ0) is 29.6. The number of carbonyl (C=O) groups excluding carboxylic acids is 2. The summed E-state index contributed by atoms with van der Waals surface area (Å²) in [7, 11) is 0.0993. The maximum atomic E-state index is 14.1. The van der Waals surface area contributed by atoms with Gasteiger partial charge < -0.3 is 9.64 Å². The van der Waals surface area contributed by atoms with Crippen molar-refractivity contribution in [2.45, 2.75) is 24.9 Å². The van der Waals surface area contributed by atoms with E-state index in [0.717, 1.165) is 21.0 Å². The minimum atomic E-state index is -4.41. The topological polar surface area (TPSA) is 129 Å². The Labute approximate surface area is 247 Å². The van der Waals surface area contributed by atoms with Gasteiger partial charge in [0, 0.05) is 25.9 Å². The van der Waals surface area contributed by atoms with Gasteiger partial charge in [0.1, 0.15) is 11.0 Å². The molecule has 0 aliphatic heterocycles. The van der Waals surface area contributed by atoms with Crippen molar-refractivity contribution in [3.8, 4) is 9.88 Å². The van der Waals surface area contributed by atoms with Crippen LogP contribution in [0.4, 0.5) is 10.5 Å². The van der Waals surface area contributed by atoms with Crippen LogP contribution in [0.2, 0.25) is 0 Å². The lowest BCUT2D eigenvalue weighted by Gasteiger charge is -2.34. The lowest BCUT2D eigenvalue weighted by molar-refractivity contribution is -0.137. The Balaban J connectivity index is 1.67. The fourth-order valence-electron chi connectivity index (χ4n) is 4.36. The molecule has 13 heteroatoms. The molecule has 2 heterocycles. The van der Waals surface area contributed by atoms with E-state index in [1.165, 1.54) is 35.5 Å². The van der Waals surface area contributed by atoms with Crippen molar-refractivity contribution in [2.75, 3.05) is 25.9 Å². The molecule has 2 aromatic heterocycles. The summed E-state index contributed by atoms with van der Waals surface area (Å²) in [6, 6.07) is 18.5. The average molecular weight is 615 g/mol. The number of ether oxygens (including phenoxy) is 1. The highest BCUT2D eigenvalue weighted by atomic mass is 32.2. The van der Waals surface area contributed by atoms with Crippen LogP contribution in [0.1, 0.15) is 22.9 Å². The first kappa shape index (κ1) is 30.2. The van der Waals surface area contributed by atoms with Crippen LogP contribution in [0.25, 0.3) is 9.88 Å². The number of thiazole rings is 1. The zero-order valence-corrected chi connectivity index (χ0v) is 25.1. The van der Waals surface area contributed by atoms with Gasteiger partial charge in [-0.15, -0.1) is 22.7 Å². The quantitative estimate of drug-likeness (QED) is 0.224. The monoisotopic (exact) mass is 614 g/mol. The molecule has 216 valence electrons. The first-order chi connectivity index (χ1) is 19.6. The number of rotatable bonds is 11. The number of likely N-dealkylation sites (N-methyl/N-ethyl adjacent to an activating group) is 2. The van der Waals surface area contributed by atoms with Gasteiger partial charge in [0.15, 0.2) is 0 Å². The maximum absolute atomic E-state index is 14.1. The van der Waals surface area contributed by atoms with Crippen LogP contribution in [-0.4, -0.2) is 67.0 Å². The van der Waals surface area contributed by atoms with Crippen LogP contribution in [-0.2, 0) is 32.7 Å². The number of thiophene rings is 1. The molecule has 0 saturated carbocycles. The van der Waals surface area contributed by atoms with E-state index >= 15 is 0 Å². The number of amides is 2. The van der Waals surface area contributed by atoms with Crippen molar-refractivity contribution in [3.05, 3.63) is 94.3 Å². The highest BCUT2D eigenvalue weighted by Crippen LogP contribution is 2.33. The molecular weight excluding hydrogens is 585 g/mol. The molecule has 0 saturated heterocycles. The van der Waals surface area contributed by atoms with Gasteiger partial charge in [-0.2, -0.15) is 8.42 Å². The average Bonchev–Trinajstić information content (AvgIpc) is 3.66. The number of methoxy groups -OCH3 is 1. The smallest absolute Gasteiger partial charge is 0.409 e. The molecule has 2 atom stereocenters. The van der Waals surface area contributed by atoms with E-state index in [0.29, 0.717) is 12.1 Å². The Kier molecular flexibility index (Phi) is 9.76. The molecule has 4 rings (SSSR count). The van der Waals surface area contributed by atoms with Gasteiger partial charge in [-0.1, -0.05) is 48.5 Å². The fraction of sp³-hybridized carbons (Fsp3) is 0.250. The van der Waals surface area contributed by atoms with E-state index in [4.69, 9.17) is 14.3 Å². The van der Waals surface area contributed by atoms with Crippen LogP contribution >= 0.6 is 22.7 Å². The highest BCUT2D eigenvalue weighted by molar-refractivity contribution is 7.87. The summed E-state index contributed by atoms with van der Waals surface area (Å²) in [6.07, 6.45) is 0.0255. The van der Waals surface area contributed by atoms with Crippen LogP contribution in [0.15, 0.2) is 77.5 Å². The summed E-state index contributed by atoms with van der Waals surface area (Å²) < 4.78 is 38.4. The largest absolute Gasteiger partial charge is 0.453 e. The molecule has 2 aromatic carbocycles. The van der Waals surface area contributed by atoms with Crippen molar-refractivity contribution in [3.63, 3.8) is 0 Å². The van der Waals surface area contributed by atoms with Gasteiger partial charge in [0.05, 0.1) is 29.4 Å². The Morgan fingerprint density at radius 2 is 1.63 bits per heavy atom. The van der Waals surface area contributed by atoms with E-state index in [1.54, 1.807) is 42.5 Å². The highest BCUT2D eigenvalue weighted by Gasteiger charge is 2.34. The second-order valence-corrected chi connectivity index (χ2v) is 12.2. The normalized spacial score (nSPS) is 12.8. The van der Waals surface area contributed by atoms with E-state index in [9.17, 15) is 18.0 Å². The van der Waals surface area contributed by atoms with Crippen molar-refractivity contribution >= 4 is 50.7 Å². The van der Waals surface area contributed by atoms with Gasteiger partial charge in [-0.3, -0.25) is 19.0 Å². The Morgan fingerprint density at radius 3 is 2.24 bits per heavy atom. The van der Waals surface area contributed by atoms with Crippen LogP contribution in [0.3, 0.4) is 0 Å². The molecule has 4 aromatic rings. The molecule has 2 amide bonds. The second kappa shape index (κ2) is 13.3. The Morgan fingerprint density at radius 1 is 0.951 bits per heavy atom. The van der Waals surface area contributed by atoms with E-state index in [2.05, 4.69) is 0 Å². The molecule has 0 bridgehead atoms. The van der Waals surface area contributed by atoms with Crippen molar-refractivity contribution in [1.82, 2.24) is 14.8 Å². The summed E-state index contributed by atoms with van der Waals surface area (Å²) in [4.78, 5) is 35.4. The molecule has 2 N–H and O–H groups in total. The third-order valence-electron chi connectivity index (χ3n) is 6.53. The second-order valence-electron chi connectivity index (χ2n) is 9.28. The number of nitrogens with zero attached hydrogens (tertiary/aromatic N) is 3. The minimum Gasteiger partial charge on any atom is -0.453 e. The molecule has 0 spiro atoms. The zero-order valence-electron chi connectivity index (χ0n) is 22.6. The van der Waals surface area contributed by atoms with Crippen molar-refractivity contribution in [2.24, 2.45) is 0 Å². The van der Waals surface area contributed by atoms with Gasteiger partial charge >= 0.3 is 16.4 Å². The number of hydrogen-bond donors (Lipinski definition) is 2. The number of nitrogens with one attached hydrogen (secondary N) is 1. The van der Waals surface area contributed by atoms with Gasteiger partial charge in [0.2, 0.25) is 5.91 Å². The summed E-state index contributed by atoms with van der Waals surface area (Å²) in [5.41, 5.74) is 2.59. The molecular formula is C28H30N4O6S3. The number of benzene rings is 2. The predicted molar refractivity (Wildman–Crippen MR) is 160 cm³/mol. The van der Waals surface area contributed by atoms with Crippen LogP contribution in [0, 0.1) is 0 Å². The number of hydrogen-bond acceptors (Lipinski definition) is 8. The molecule has 0 radical (unpaired) electrons. The number of carbonyl (C=O) groups is 2. The van der Waals surface area contributed by atoms with Gasteiger partial charge in [-0.05, 0) is 41.1 Å². The number of aromatic nitrogens is 1. The third-order valence-corrected chi connectivity index (χ3v) is 8.92. The summed E-state index contributed by atoms with van der Waals surface area (Å²) in [5, 5.41) is 4.73. The first-order valence-electron chi connectivity index (χ1n) is 12.5. The molecule has 2 unspecified atom stereocenters. The SMILES string of the molecule is COC(=O)N(C)C(Cc1ccccc1)C(=O)N(C)C(Cc1ccc(NS(=O)(=O)O)cc1)c1csc(-c2cccs2)n1. The third kappa shape index (κ3) is 7.91. The van der Waals surface area contributed by atoms with Crippen molar-refractivity contribution in [1.29, 1.82) is 0 Å². The maximum Gasteiger partial charge on any atom is 0.409 e. The van der Waals surface area contributed by atoms with Crippen LogP contribution in [0.5, 0.6) is 0 Å². The molecule has 0 fully saturated rings. The standard InChI is InChI=1S/C28H30N4O6S3/c1-31(27(33)24(32(2)28(34)38-3)17-19-8-5-4-6-9-19)23(22-18-40-26(29-22)25-10-7-15-39-25)16-20-11-13-21(14-12-20)30-41(35,36)37/h4-15,18,23-24,30H,16-17H2,1-3H3,(H,35,36,37). The molecule has 0 aliphatic rings. The molecule has 41 heavy (non-hydrogen) atoms. The Hall–Kier alpha value is -3.78. The molecule has 10 nitrogen and oxygen atoms in total. The van der Waals surface area contributed by atoms with Crippen LogP contribution < -0.4 is 4.72 Å². The van der Waals surface area contributed by atoms with Gasteiger partial charge in [0.25, 0.3) is 0 Å².